The molecule has 0 radical (unpaired) electrons. The number of rotatable bonds is 5. The molecule has 0 fully saturated rings. The second-order valence-electron chi connectivity index (χ2n) is 3.93. The summed E-state index contributed by atoms with van der Waals surface area (Å²) in [5, 5.41) is 9.80. The van der Waals surface area contributed by atoms with Gasteiger partial charge in [0.05, 0.1) is 20.8 Å². The van der Waals surface area contributed by atoms with E-state index in [-0.39, 0.29) is 29.3 Å². The highest BCUT2D eigenvalue weighted by atomic mass is 19.1. The van der Waals surface area contributed by atoms with Gasteiger partial charge in [-0.25, -0.2) is 9.18 Å². The number of ether oxygens (including phenoxy) is 3. The maximum Gasteiger partial charge on any atom is 0.361 e. The number of methoxy groups -OCH3 is 2. The number of H-pyrrole nitrogens is 1. The molecule has 0 bridgehead atoms. The molecule has 0 atom stereocenters. The van der Waals surface area contributed by atoms with E-state index in [1.807, 2.05) is 0 Å². The number of aromatic nitrogens is 3. The molecular formula is C13H14FN3O4. The fourth-order valence-corrected chi connectivity index (χ4v) is 1.80. The number of hydrogen-bond donors (Lipinski definition) is 1. The SMILES string of the molecule is CCOC(=O)c1n[nH]nc1-c1cc(OC)c(OC)cc1F. The minimum Gasteiger partial charge on any atom is -0.493 e. The molecule has 1 aromatic carbocycles. The van der Waals surface area contributed by atoms with Crippen molar-refractivity contribution in [3.8, 4) is 22.8 Å². The average molecular weight is 295 g/mol. The van der Waals surface area contributed by atoms with E-state index in [0.717, 1.165) is 6.07 Å². The molecule has 0 aliphatic heterocycles. The van der Waals surface area contributed by atoms with Crippen LogP contribution in [0.3, 0.4) is 0 Å². The summed E-state index contributed by atoms with van der Waals surface area (Å²) in [7, 11) is 2.83. The Morgan fingerprint density at radius 1 is 1.24 bits per heavy atom. The Morgan fingerprint density at radius 3 is 2.52 bits per heavy atom. The van der Waals surface area contributed by atoms with Gasteiger partial charge >= 0.3 is 5.97 Å². The molecule has 7 nitrogen and oxygen atoms in total. The maximum atomic E-state index is 14.2. The highest BCUT2D eigenvalue weighted by Crippen LogP contribution is 2.34. The third-order valence-electron chi connectivity index (χ3n) is 2.75. The van der Waals surface area contributed by atoms with Crippen LogP contribution in [0, 0.1) is 5.82 Å². The van der Waals surface area contributed by atoms with E-state index in [1.54, 1.807) is 6.92 Å². The zero-order valence-corrected chi connectivity index (χ0v) is 11.8. The molecule has 0 aliphatic carbocycles. The maximum absolute atomic E-state index is 14.2. The molecular weight excluding hydrogens is 281 g/mol. The zero-order valence-electron chi connectivity index (χ0n) is 11.8. The second kappa shape index (κ2) is 6.21. The first kappa shape index (κ1) is 14.8. The van der Waals surface area contributed by atoms with Gasteiger partial charge in [-0.05, 0) is 13.0 Å². The lowest BCUT2D eigenvalue weighted by Gasteiger charge is -2.10. The first-order valence-electron chi connectivity index (χ1n) is 6.12. The predicted molar refractivity (Wildman–Crippen MR) is 70.8 cm³/mol. The van der Waals surface area contributed by atoms with E-state index in [0.29, 0.717) is 5.75 Å². The minimum absolute atomic E-state index is 0.0481. The average Bonchev–Trinajstić information content (AvgIpc) is 2.96. The zero-order chi connectivity index (χ0) is 15.4. The van der Waals surface area contributed by atoms with Gasteiger partial charge in [0.2, 0.25) is 0 Å². The molecule has 1 aromatic heterocycles. The Labute approximate surface area is 120 Å². The topological polar surface area (TPSA) is 86.3 Å². The van der Waals surface area contributed by atoms with Gasteiger partial charge in [0.1, 0.15) is 11.5 Å². The Balaban J connectivity index is 2.52. The van der Waals surface area contributed by atoms with Crippen LogP contribution in [0.15, 0.2) is 12.1 Å². The van der Waals surface area contributed by atoms with Crippen LogP contribution >= 0.6 is 0 Å². The lowest BCUT2D eigenvalue weighted by atomic mass is 10.1. The van der Waals surface area contributed by atoms with Crippen molar-refractivity contribution >= 4 is 5.97 Å². The Hall–Kier alpha value is -2.64. The number of nitrogens with zero attached hydrogens (tertiary/aromatic N) is 2. The van der Waals surface area contributed by atoms with Crippen LogP contribution in [0.25, 0.3) is 11.3 Å². The molecule has 8 heteroatoms. The number of aromatic amines is 1. The minimum atomic E-state index is -0.685. The summed E-state index contributed by atoms with van der Waals surface area (Å²) in [5.41, 5.74) is 0.0133. The van der Waals surface area contributed by atoms with Crippen LogP contribution in [-0.4, -0.2) is 42.2 Å². The lowest BCUT2D eigenvalue weighted by molar-refractivity contribution is 0.0520. The Morgan fingerprint density at radius 2 is 1.90 bits per heavy atom. The normalized spacial score (nSPS) is 10.3. The quantitative estimate of drug-likeness (QED) is 0.846. The van der Waals surface area contributed by atoms with E-state index in [2.05, 4.69) is 15.4 Å². The summed E-state index contributed by atoms with van der Waals surface area (Å²) in [6.07, 6.45) is 0. The highest BCUT2D eigenvalue weighted by molar-refractivity contribution is 5.94. The summed E-state index contributed by atoms with van der Waals surface area (Å²) < 4.78 is 29.1. The molecule has 0 amide bonds. The molecule has 0 saturated carbocycles. The van der Waals surface area contributed by atoms with Gasteiger partial charge in [-0.2, -0.15) is 10.3 Å². The lowest BCUT2D eigenvalue weighted by Crippen LogP contribution is -2.07. The van der Waals surface area contributed by atoms with Gasteiger partial charge in [-0.1, -0.05) is 0 Å². The Kier molecular flexibility index (Phi) is 4.36. The van der Waals surface area contributed by atoms with Crippen molar-refractivity contribution in [1.82, 2.24) is 15.4 Å². The molecule has 1 heterocycles. The fraction of sp³-hybridized carbons (Fsp3) is 0.308. The molecule has 21 heavy (non-hydrogen) atoms. The summed E-state index contributed by atoms with van der Waals surface area (Å²) in [4.78, 5) is 11.8. The van der Waals surface area contributed by atoms with E-state index in [1.165, 1.54) is 20.3 Å². The van der Waals surface area contributed by atoms with Gasteiger partial charge in [0, 0.05) is 11.6 Å². The van der Waals surface area contributed by atoms with E-state index >= 15 is 0 Å². The van der Waals surface area contributed by atoms with Gasteiger partial charge in [-0.3, -0.25) is 0 Å². The number of benzene rings is 1. The number of esters is 1. The standard InChI is InChI=1S/C13H14FN3O4/c1-4-21-13(18)12-11(15-17-16-12)7-5-9(19-2)10(20-3)6-8(7)14/h5-6H,4H2,1-3H3,(H,15,16,17). The predicted octanol–water partition coefficient (Wildman–Crippen LogP) is 1.80. The second-order valence-corrected chi connectivity index (χ2v) is 3.93. The van der Waals surface area contributed by atoms with Crippen molar-refractivity contribution in [2.75, 3.05) is 20.8 Å². The number of nitrogens with one attached hydrogen (secondary N) is 1. The third-order valence-corrected chi connectivity index (χ3v) is 2.75. The van der Waals surface area contributed by atoms with E-state index in [4.69, 9.17) is 14.2 Å². The first-order valence-corrected chi connectivity index (χ1v) is 6.12. The molecule has 112 valence electrons. The van der Waals surface area contributed by atoms with Crippen LogP contribution in [0.4, 0.5) is 4.39 Å². The molecule has 0 saturated heterocycles. The molecule has 0 unspecified atom stereocenters. The van der Waals surface area contributed by atoms with Crippen molar-refractivity contribution < 1.29 is 23.4 Å². The van der Waals surface area contributed by atoms with Crippen LogP contribution in [0.1, 0.15) is 17.4 Å². The molecule has 2 aromatic rings. The summed E-state index contributed by atoms with van der Waals surface area (Å²) in [6, 6.07) is 2.53. The van der Waals surface area contributed by atoms with Crippen LogP contribution in [-0.2, 0) is 4.74 Å². The van der Waals surface area contributed by atoms with E-state index in [9.17, 15) is 9.18 Å². The smallest absolute Gasteiger partial charge is 0.361 e. The summed E-state index contributed by atoms with van der Waals surface area (Å²) in [5.74, 6) is -0.755. The summed E-state index contributed by atoms with van der Waals surface area (Å²) >= 11 is 0. The molecule has 1 N–H and O–H groups in total. The van der Waals surface area contributed by atoms with Crippen molar-refractivity contribution in [3.05, 3.63) is 23.6 Å². The highest BCUT2D eigenvalue weighted by Gasteiger charge is 2.23. The van der Waals surface area contributed by atoms with E-state index < -0.39 is 11.8 Å². The third kappa shape index (κ3) is 2.78. The monoisotopic (exact) mass is 295 g/mol. The van der Waals surface area contributed by atoms with Crippen LogP contribution < -0.4 is 9.47 Å². The number of carbonyl (C=O) groups excluding carboxylic acids is 1. The Bertz CT molecular complexity index is 657. The molecule has 0 spiro atoms. The van der Waals surface area contributed by atoms with Crippen LogP contribution in [0.5, 0.6) is 11.5 Å². The number of hydrogen-bond acceptors (Lipinski definition) is 6. The fourth-order valence-electron chi connectivity index (χ4n) is 1.80. The van der Waals surface area contributed by atoms with Crippen molar-refractivity contribution in [2.24, 2.45) is 0 Å². The van der Waals surface area contributed by atoms with Crippen molar-refractivity contribution in [3.63, 3.8) is 0 Å². The summed E-state index contributed by atoms with van der Waals surface area (Å²) in [6.45, 7) is 1.84. The van der Waals surface area contributed by atoms with Crippen molar-refractivity contribution in [1.29, 1.82) is 0 Å². The largest absolute Gasteiger partial charge is 0.493 e. The van der Waals surface area contributed by atoms with Crippen LogP contribution in [0.2, 0.25) is 0 Å². The van der Waals surface area contributed by atoms with Gasteiger partial charge in [-0.15, -0.1) is 5.10 Å². The van der Waals surface area contributed by atoms with Gasteiger partial charge < -0.3 is 14.2 Å². The van der Waals surface area contributed by atoms with Crippen molar-refractivity contribution in [2.45, 2.75) is 6.92 Å². The van der Waals surface area contributed by atoms with Gasteiger partial charge in [0.25, 0.3) is 0 Å². The molecule has 2 rings (SSSR count). The number of halogens is 1. The molecule has 0 aliphatic rings. The van der Waals surface area contributed by atoms with Gasteiger partial charge in [0.15, 0.2) is 17.2 Å². The first-order chi connectivity index (χ1) is 10.1. The number of carbonyl (C=O) groups is 1.